The molecule has 1 aliphatic rings. The first kappa shape index (κ1) is 14.7. The molecule has 2 rings (SSSR count). The van der Waals surface area contributed by atoms with Crippen LogP contribution < -0.4 is 10.1 Å². The van der Waals surface area contributed by atoms with E-state index >= 15 is 0 Å². The van der Waals surface area contributed by atoms with E-state index in [1.807, 2.05) is 0 Å². The Morgan fingerprint density at radius 1 is 1.37 bits per heavy atom. The maximum absolute atomic E-state index is 5.90. The Labute approximate surface area is 119 Å². The Kier molecular flexibility index (Phi) is 5.54. The van der Waals surface area contributed by atoms with Gasteiger partial charge in [0.1, 0.15) is 11.1 Å². The second-order valence-corrected chi connectivity index (χ2v) is 6.63. The van der Waals surface area contributed by atoms with Crippen molar-refractivity contribution in [1.29, 1.82) is 0 Å². The minimum absolute atomic E-state index is 0.306. The van der Waals surface area contributed by atoms with E-state index in [0.717, 1.165) is 49.2 Å². The summed E-state index contributed by atoms with van der Waals surface area (Å²) in [5.41, 5.74) is 0. The van der Waals surface area contributed by atoms with Gasteiger partial charge in [0.2, 0.25) is 0 Å². The lowest BCUT2D eigenvalue weighted by Gasteiger charge is -2.28. The highest BCUT2D eigenvalue weighted by Crippen LogP contribution is 2.22. The van der Waals surface area contributed by atoms with Crippen LogP contribution in [0.5, 0.6) is 5.19 Å². The van der Waals surface area contributed by atoms with E-state index in [2.05, 4.69) is 41.3 Å². The van der Waals surface area contributed by atoms with Crippen molar-refractivity contribution in [3.63, 3.8) is 0 Å². The van der Waals surface area contributed by atoms with Crippen molar-refractivity contribution in [2.75, 3.05) is 26.7 Å². The third-order valence-corrected chi connectivity index (χ3v) is 4.02. The third-order valence-electron chi connectivity index (χ3n) is 3.21. The highest BCUT2D eigenvalue weighted by molar-refractivity contribution is 7.13. The van der Waals surface area contributed by atoms with Crippen molar-refractivity contribution in [2.45, 2.75) is 39.3 Å². The van der Waals surface area contributed by atoms with Gasteiger partial charge in [-0.2, -0.15) is 0 Å². The SMILES string of the molecule is CC(C)CNCc1nnc(OC2CCN(C)CC2)s1. The molecule has 0 unspecified atom stereocenters. The van der Waals surface area contributed by atoms with Crippen LogP contribution in [-0.4, -0.2) is 47.9 Å². The molecule has 0 radical (unpaired) electrons. The number of ether oxygens (including phenoxy) is 1. The molecule has 0 saturated carbocycles. The van der Waals surface area contributed by atoms with Gasteiger partial charge >= 0.3 is 0 Å². The van der Waals surface area contributed by atoms with Gasteiger partial charge in [0.15, 0.2) is 0 Å². The van der Waals surface area contributed by atoms with Crippen molar-refractivity contribution in [2.24, 2.45) is 5.92 Å². The molecular weight excluding hydrogens is 260 g/mol. The fourth-order valence-electron chi connectivity index (χ4n) is 2.07. The summed E-state index contributed by atoms with van der Waals surface area (Å²) in [7, 11) is 2.15. The van der Waals surface area contributed by atoms with E-state index in [1.165, 1.54) is 0 Å². The van der Waals surface area contributed by atoms with Gasteiger partial charge < -0.3 is 15.0 Å². The third kappa shape index (κ3) is 5.04. The van der Waals surface area contributed by atoms with Gasteiger partial charge in [0.25, 0.3) is 5.19 Å². The molecule has 19 heavy (non-hydrogen) atoms. The molecule has 1 aromatic rings. The summed E-state index contributed by atoms with van der Waals surface area (Å²) in [5, 5.41) is 13.4. The topological polar surface area (TPSA) is 50.3 Å². The number of likely N-dealkylation sites (tertiary alicyclic amines) is 1. The van der Waals surface area contributed by atoms with Crippen LogP contribution in [0.2, 0.25) is 0 Å². The van der Waals surface area contributed by atoms with Gasteiger partial charge in [-0.25, -0.2) is 0 Å². The molecule has 1 aromatic heterocycles. The Balaban J connectivity index is 1.74. The van der Waals surface area contributed by atoms with Crippen LogP contribution in [0.3, 0.4) is 0 Å². The van der Waals surface area contributed by atoms with Gasteiger partial charge in [0.05, 0.1) is 0 Å². The molecule has 5 nitrogen and oxygen atoms in total. The first-order valence-electron chi connectivity index (χ1n) is 7.02. The molecular formula is C13H24N4OS. The highest BCUT2D eigenvalue weighted by Gasteiger charge is 2.19. The standard InChI is InChI=1S/C13H24N4OS/c1-10(2)8-14-9-12-15-16-13(19-12)18-11-4-6-17(3)7-5-11/h10-11,14H,4-9H2,1-3H3. The van der Waals surface area contributed by atoms with E-state index in [0.29, 0.717) is 12.0 Å². The van der Waals surface area contributed by atoms with Crippen molar-refractivity contribution < 1.29 is 4.74 Å². The van der Waals surface area contributed by atoms with Gasteiger partial charge in [-0.3, -0.25) is 0 Å². The van der Waals surface area contributed by atoms with Crippen LogP contribution in [0.15, 0.2) is 0 Å². The van der Waals surface area contributed by atoms with Crippen LogP contribution in [-0.2, 0) is 6.54 Å². The van der Waals surface area contributed by atoms with E-state index < -0.39 is 0 Å². The van der Waals surface area contributed by atoms with E-state index in [9.17, 15) is 0 Å². The lowest BCUT2D eigenvalue weighted by Crippen LogP contribution is -2.35. The zero-order valence-corrected chi connectivity index (χ0v) is 12.9. The van der Waals surface area contributed by atoms with Crippen molar-refractivity contribution in [1.82, 2.24) is 20.4 Å². The molecule has 0 amide bonds. The largest absolute Gasteiger partial charge is 0.466 e. The summed E-state index contributed by atoms with van der Waals surface area (Å²) in [6.07, 6.45) is 2.47. The highest BCUT2D eigenvalue weighted by atomic mass is 32.1. The van der Waals surface area contributed by atoms with Gasteiger partial charge in [-0.05, 0) is 32.4 Å². The first-order valence-corrected chi connectivity index (χ1v) is 7.83. The summed E-state index contributed by atoms with van der Waals surface area (Å²) < 4.78 is 5.90. The van der Waals surface area contributed by atoms with E-state index in [1.54, 1.807) is 11.3 Å². The van der Waals surface area contributed by atoms with Crippen LogP contribution in [0.4, 0.5) is 0 Å². The van der Waals surface area contributed by atoms with Crippen molar-refractivity contribution in [3.8, 4) is 5.19 Å². The van der Waals surface area contributed by atoms with Crippen LogP contribution in [0.25, 0.3) is 0 Å². The zero-order chi connectivity index (χ0) is 13.7. The maximum Gasteiger partial charge on any atom is 0.294 e. The molecule has 0 atom stereocenters. The van der Waals surface area contributed by atoms with Crippen LogP contribution in [0, 0.1) is 5.92 Å². The van der Waals surface area contributed by atoms with E-state index in [4.69, 9.17) is 4.74 Å². The molecule has 6 heteroatoms. The summed E-state index contributed by atoms with van der Waals surface area (Å²) >= 11 is 1.56. The Hall–Kier alpha value is -0.720. The fourth-order valence-corrected chi connectivity index (χ4v) is 2.79. The number of piperidine rings is 1. The molecule has 108 valence electrons. The van der Waals surface area contributed by atoms with Crippen LogP contribution >= 0.6 is 11.3 Å². The monoisotopic (exact) mass is 284 g/mol. The minimum atomic E-state index is 0.306. The predicted molar refractivity (Wildman–Crippen MR) is 77.6 cm³/mol. The Morgan fingerprint density at radius 3 is 2.79 bits per heavy atom. The summed E-state index contributed by atoms with van der Waals surface area (Å²) in [6.45, 7) is 8.39. The number of hydrogen-bond donors (Lipinski definition) is 1. The average Bonchev–Trinajstić information content (AvgIpc) is 2.79. The second-order valence-electron chi connectivity index (χ2n) is 5.61. The normalized spacial score (nSPS) is 18.1. The first-order chi connectivity index (χ1) is 9.13. The van der Waals surface area contributed by atoms with Crippen molar-refractivity contribution >= 4 is 11.3 Å². The molecule has 0 aromatic carbocycles. The fraction of sp³-hybridized carbons (Fsp3) is 0.846. The molecule has 1 saturated heterocycles. The molecule has 0 aliphatic carbocycles. The molecule has 0 bridgehead atoms. The molecule has 0 spiro atoms. The molecule has 1 fully saturated rings. The molecule has 2 heterocycles. The lowest BCUT2D eigenvalue weighted by atomic mass is 10.1. The average molecular weight is 284 g/mol. The molecule has 1 aliphatic heterocycles. The summed E-state index contributed by atoms with van der Waals surface area (Å²) in [6, 6.07) is 0. The Morgan fingerprint density at radius 2 is 2.11 bits per heavy atom. The number of aromatic nitrogens is 2. The van der Waals surface area contributed by atoms with Gasteiger partial charge in [-0.15, -0.1) is 5.10 Å². The number of hydrogen-bond acceptors (Lipinski definition) is 6. The molecule has 1 N–H and O–H groups in total. The number of nitrogens with one attached hydrogen (secondary N) is 1. The quantitative estimate of drug-likeness (QED) is 0.862. The zero-order valence-electron chi connectivity index (χ0n) is 12.1. The summed E-state index contributed by atoms with van der Waals surface area (Å²) in [5.74, 6) is 0.655. The smallest absolute Gasteiger partial charge is 0.294 e. The maximum atomic E-state index is 5.90. The summed E-state index contributed by atoms with van der Waals surface area (Å²) in [4.78, 5) is 2.33. The second kappa shape index (κ2) is 7.17. The van der Waals surface area contributed by atoms with Crippen LogP contribution in [0.1, 0.15) is 31.7 Å². The van der Waals surface area contributed by atoms with Gasteiger partial charge in [0, 0.05) is 19.6 Å². The van der Waals surface area contributed by atoms with Gasteiger partial charge in [-0.1, -0.05) is 30.3 Å². The van der Waals surface area contributed by atoms with Crippen molar-refractivity contribution in [3.05, 3.63) is 5.01 Å². The lowest BCUT2D eigenvalue weighted by molar-refractivity contribution is 0.113. The number of nitrogens with zero attached hydrogens (tertiary/aromatic N) is 3. The minimum Gasteiger partial charge on any atom is -0.466 e. The Bertz CT molecular complexity index is 374. The predicted octanol–water partition coefficient (Wildman–Crippen LogP) is 1.76. The van der Waals surface area contributed by atoms with E-state index in [-0.39, 0.29) is 0 Å². The number of rotatable bonds is 6.